The highest BCUT2D eigenvalue weighted by Gasteiger charge is 1.97. The fourth-order valence-electron chi connectivity index (χ4n) is 1.05. The summed E-state index contributed by atoms with van der Waals surface area (Å²) >= 11 is 0. The van der Waals surface area contributed by atoms with Gasteiger partial charge in [0.05, 0.1) is 5.69 Å². The van der Waals surface area contributed by atoms with Crippen LogP contribution in [-0.2, 0) is 0 Å². The normalized spacial score (nSPS) is 9.92. The average molecular weight is 174 g/mol. The zero-order chi connectivity index (χ0) is 9.10. The molecule has 0 amide bonds. The van der Waals surface area contributed by atoms with Gasteiger partial charge in [0.15, 0.2) is 5.82 Å². The molecule has 0 aliphatic rings. The van der Waals surface area contributed by atoms with Crippen LogP contribution in [0.1, 0.15) is 5.69 Å². The summed E-state index contributed by atoms with van der Waals surface area (Å²) in [7, 11) is 0. The van der Waals surface area contributed by atoms with Crippen LogP contribution in [0.25, 0.3) is 0 Å². The van der Waals surface area contributed by atoms with Crippen LogP contribution in [0.4, 0.5) is 5.82 Å². The highest BCUT2D eigenvalue weighted by molar-refractivity contribution is 5.37. The second-order valence-corrected chi connectivity index (χ2v) is 2.69. The largest absolute Gasteiger partial charge is 0.277 e. The van der Waals surface area contributed by atoms with Gasteiger partial charge < -0.3 is 0 Å². The number of hydrogen-bond acceptors (Lipinski definition) is 3. The van der Waals surface area contributed by atoms with Gasteiger partial charge in [-0.3, -0.25) is 15.1 Å². The average Bonchev–Trinajstić information content (AvgIpc) is 2.61. The minimum atomic E-state index is 0.777. The molecule has 0 fully saturated rings. The number of rotatable bonds is 2. The SMILES string of the molecule is Cc1nccnc1Nn1cccc1. The first-order valence-corrected chi connectivity index (χ1v) is 4.04. The van der Waals surface area contributed by atoms with E-state index in [0.717, 1.165) is 11.5 Å². The molecule has 0 bridgehead atoms. The van der Waals surface area contributed by atoms with Crippen molar-refractivity contribution in [3.8, 4) is 0 Å². The predicted octanol–water partition coefficient (Wildman–Crippen LogP) is 1.46. The van der Waals surface area contributed by atoms with E-state index in [0.29, 0.717) is 0 Å². The summed E-state index contributed by atoms with van der Waals surface area (Å²) in [5.41, 5.74) is 3.98. The first kappa shape index (κ1) is 7.79. The molecule has 0 saturated heterocycles. The van der Waals surface area contributed by atoms with Crippen LogP contribution in [0, 0.1) is 6.92 Å². The molecule has 4 nitrogen and oxygen atoms in total. The Bertz CT molecular complexity index is 380. The maximum absolute atomic E-state index is 4.16. The smallest absolute Gasteiger partial charge is 0.166 e. The van der Waals surface area contributed by atoms with E-state index in [1.807, 2.05) is 36.1 Å². The highest BCUT2D eigenvalue weighted by atomic mass is 15.4. The fourth-order valence-corrected chi connectivity index (χ4v) is 1.05. The number of aryl methyl sites for hydroxylation is 1. The van der Waals surface area contributed by atoms with Crippen molar-refractivity contribution < 1.29 is 0 Å². The van der Waals surface area contributed by atoms with Gasteiger partial charge >= 0.3 is 0 Å². The van der Waals surface area contributed by atoms with Gasteiger partial charge in [-0.15, -0.1) is 0 Å². The Balaban J connectivity index is 2.24. The molecule has 0 unspecified atom stereocenters. The third-order valence-corrected chi connectivity index (χ3v) is 1.72. The Morgan fingerprint density at radius 3 is 2.54 bits per heavy atom. The van der Waals surface area contributed by atoms with E-state index in [1.54, 1.807) is 12.4 Å². The van der Waals surface area contributed by atoms with Gasteiger partial charge in [-0.2, -0.15) is 0 Å². The van der Waals surface area contributed by atoms with E-state index in [4.69, 9.17) is 0 Å². The lowest BCUT2D eigenvalue weighted by Gasteiger charge is -2.07. The first-order chi connectivity index (χ1) is 6.36. The molecule has 13 heavy (non-hydrogen) atoms. The Kier molecular flexibility index (Phi) is 1.96. The van der Waals surface area contributed by atoms with Gasteiger partial charge in [0.2, 0.25) is 0 Å². The molecular weight excluding hydrogens is 164 g/mol. The van der Waals surface area contributed by atoms with E-state index in [9.17, 15) is 0 Å². The van der Waals surface area contributed by atoms with Crippen molar-refractivity contribution in [3.05, 3.63) is 42.6 Å². The molecule has 2 aromatic heterocycles. The number of aromatic nitrogens is 3. The van der Waals surface area contributed by atoms with E-state index in [2.05, 4.69) is 15.4 Å². The highest BCUT2D eigenvalue weighted by Crippen LogP contribution is 2.05. The van der Waals surface area contributed by atoms with Gasteiger partial charge in [0.25, 0.3) is 0 Å². The van der Waals surface area contributed by atoms with Gasteiger partial charge in [-0.05, 0) is 19.1 Å². The molecule has 0 radical (unpaired) electrons. The first-order valence-electron chi connectivity index (χ1n) is 4.04. The van der Waals surface area contributed by atoms with E-state index in [-0.39, 0.29) is 0 Å². The molecule has 0 aliphatic heterocycles. The standard InChI is InChI=1S/C9H10N4/c1-8-9(11-5-4-10-8)12-13-6-2-3-7-13/h2-7H,1H3,(H,11,12). The molecule has 0 aliphatic carbocycles. The zero-order valence-electron chi connectivity index (χ0n) is 7.31. The Morgan fingerprint density at radius 2 is 1.85 bits per heavy atom. The summed E-state index contributed by atoms with van der Waals surface area (Å²) in [5, 5.41) is 0. The van der Waals surface area contributed by atoms with Crippen molar-refractivity contribution in [1.82, 2.24) is 14.6 Å². The fraction of sp³-hybridized carbons (Fsp3) is 0.111. The van der Waals surface area contributed by atoms with Gasteiger partial charge in [0.1, 0.15) is 0 Å². The van der Waals surface area contributed by atoms with Crippen molar-refractivity contribution in [1.29, 1.82) is 0 Å². The number of hydrogen-bond donors (Lipinski definition) is 1. The lowest BCUT2D eigenvalue weighted by atomic mass is 10.5. The van der Waals surface area contributed by atoms with Gasteiger partial charge in [-0.25, -0.2) is 4.98 Å². The molecule has 0 spiro atoms. The minimum Gasteiger partial charge on any atom is -0.277 e. The molecule has 0 saturated carbocycles. The summed E-state index contributed by atoms with van der Waals surface area (Å²) in [6.45, 7) is 1.92. The number of anilines is 1. The monoisotopic (exact) mass is 174 g/mol. The molecule has 0 atom stereocenters. The molecule has 2 rings (SSSR count). The van der Waals surface area contributed by atoms with Crippen LogP contribution in [0.3, 0.4) is 0 Å². The van der Waals surface area contributed by atoms with Crippen molar-refractivity contribution in [3.63, 3.8) is 0 Å². The van der Waals surface area contributed by atoms with Crippen molar-refractivity contribution in [2.75, 3.05) is 5.43 Å². The van der Waals surface area contributed by atoms with Crippen LogP contribution >= 0.6 is 0 Å². The van der Waals surface area contributed by atoms with E-state index < -0.39 is 0 Å². The van der Waals surface area contributed by atoms with E-state index in [1.165, 1.54) is 0 Å². The molecule has 66 valence electrons. The third-order valence-electron chi connectivity index (χ3n) is 1.72. The van der Waals surface area contributed by atoms with E-state index >= 15 is 0 Å². The predicted molar refractivity (Wildman–Crippen MR) is 50.2 cm³/mol. The molecular formula is C9H10N4. The van der Waals surface area contributed by atoms with Gasteiger partial charge in [0, 0.05) is 24.8 Å². The Hall–Kier alpha value is -1.84. The maximum atomic E-state index is 4.16. The Morgan fingerprint density at radius 1 is 1.15 bits per heavy atom. The molecule has 1 N–H and O–H groups in total. The minimum absolute atomic E-state index is 0.777. The van der Waals surface area contributed by atoms with Crippen molar-refractivity contribution in [2.45, 2.75) is 6.92 Å². The van der Waals surface area contributed by atoms with Crippen LogP contribution < -0.4 is 5.43 Å². The van der Waals surface area contributed by atoms with Crippen molar-refractivity contribution in [2.24, 2.45) is 0 Å². The van der Waals surface area contributed by atoms with Crippen molar-refractivity contribution >= 4 is 5.82 Å². The van der Waals surface area contributed by atoms with Crippen LogP contribution in [-0.4, -0.2) is 14.6 Å². The van der Waals surface area contributed by atoms with Crippen LogP contribution in [0.2, 0.25) is 0 Å². The summed E-state index contributed by atoms with van der Waals surface area (Å²) in [6.07, 6.45) is 7.16. The molecule has 0 aromatic carbocycles. The molecule has 2 aromatic rings. The third kappa shape index (κ3) is 1.66. The summed E-state index contributed by atoms with van der Waals surface area (Å²) < 4.78 is 1.83. The zero-order valence-corrected chi connectivity index (χ0v) is 7.31. The lowest BCUT2D eigenvalue weighted by molar-refractivity contribution is 0.934. The van der Waals surface area contributed by atoms with Gasteiger partial charge in [-0.1, -0.05) is 0 Å². The quantitative estimate of drug-likeness (QED) is 0.749. The second kappa shape index (κ2) is 3.26. The lowest BCUT2D eigenvalue weighted by Crippen LogP contribution is -2.09. The molecule has 2 heterocycles. The summed E-state index contributed by atoms with van der Waals surface area (Å²) in [4.78, 5) is 8.28. The number of nitrogens with one attached hydrogen (secondary N) is 1. The van der Waals surface area contributed by atoms with Crippen LogP contribution in [0.5, 0.6) is 0 Å². The summed E-state index contributed by atoms with van der Waals surface area (Å²) in [5.74, 6) is 0.777. The summed E-state index contributed by atoms with van der Waals surface area (Å²) in [6, 6.07) is 3.89. The maximum Gasteiger partial charge on any atom is 0.166 e. The Labute approximate surface area is 76.2 Å². The second-order valence-electron chi connectivity index (χ2n) is 2.69. The topological polar surface area (TPSA) is 42.7 Å². The molecule has 4 heteroatoms. The number of nitrogens with zero attached hydrogens (tertiary/aromatic N) is 3. The van der Waals surface area contributed by atoms with Crippen LogP contribution in [0.15, 0.2) is 36.9 Å².